The number of tetrazole rings is 1. The van der Waals surface area contributed by atoms with Crippen LogP contribution >= 0.6 is 0 Å². The van der Waals surface area contributed by atoms with Gasteiger partial charge in [0.15, 0.2) is 5.82 Å². The van der Waals surface area contributed by atoms with Crippen molar-refractivity contribution < 1.29 is 8.78 Å². The van der Waals surface area contributed by atoms with E-state index in [1.54, 1.807) is 24.3 Å². The Morgan fingerprint density at radius 2 is 1.82 bits per heavy atom. The number of hydrogen-bond donors (Lipinski definition) is 0. The summed E-state index contributed by atoms with van der Waals surface area (Å²) in [4.78, 5) is 0. The average Bonchev–Trinajstić information content (AvgIpc) is 2.95. The van der Waals surface area contributed by atoms with Crippen molar-refractivity contribution in [3.05, 3.63) is 65.2 Å². The minimum atomic E-state index is -0.734. The van der Waals surface area contributed by atoms with Crippen molar-refractivity contribution in [1.29, 1.82) is 5.26 Å². The van der Waals surface area contributed by atoms with Crippen LogP contribution in [0.2, 0.25) is 0 Å². The first kappa shape index (κ1) is 13.8. The van der Waals surface area contributed by atoms with Crippen LogP contribution in [-0.4, -0.2) is 20.2 Å². The fourth-order valence-corrected chi connectivity index (χ4v) is 2.11. The number of nitriles is 1. The summed E-state index contributed by atoms with van der Waals surface area (Å²) < 4.78 is 29.0. The minimum Gasteiger partial charge on any atom is -0.221 e. The highest BCUT2D eigenvalue weighted by Crippen LogP contribution is 2.23. The second-order valence-electron chi connectivity index (χ2n) is 4.57. The molecule has 0 amide bonds. The van der Waals surface area contributed by atoms with Gasteiger partial charge < -0.3 is 0 Å². The molecule has 0 atom stereocenters. The van der Waals surface area contributed by atoms with Crippen LogP contribution in [0.5, 0.6) is 0 Å². The lowest BCUT2D eigenvalue weighted by molar-refractivity contribution is 0.580. The van der Waals surface area contributed by atoms with Crippen LogP contribution in [0.25, 0.3) is 11.4 Å². The van der Waals surface area contributed by atoms with E-state index < -0.39 is 11.6 Å². The van der Waals surface area contributed by atoms with E-state index in [1.165, 1.54) is 10.7 Å². The molecule has 5 nitrogen and oxygen atoms in total. The van der Waals surface area contributed by atoms with Crippen molar-refractivity contribution in [3.8, 4) is 17.5 Å². The third-order valence-electron chi connectivity index (χ3n) is 3.11. The molecule has 1 aromatic heterocycles. The summed E-state index contributed by atoms with van der Waals surface area (Å²) in [5.41, 5.74) is 0.970. The van der Waals surface area contributed by atoms with Gasteiger partial charge in [0.1, 0.15) is 11.6 Å². The maximum Gasteiger partial charge on any atom is 0.188 e. The molecule has 0 aliphatic heterocycles. The van der Waals surface area contributed by atoms with Gasteiger partial charge in [-0.15, -0.1) is 5.10 Å². The van der Waals surface area contributed by atoms with Crippen LogP contribution in [0.3, 0.4) is 0 Å². The first-order chi connectivity index (χ1) is 10.7. The average molecular weight is 297 g/mol. The van der Waals surface area contributed by atoms with Gasteiger partial charge in [-0.1, -0.05) is 18.2 Å². The molecule has 108 valence electrons. The molecule has 2 aromatic carbocycles. The number of hydrogen-bond acceptors (Lipinski definition) is 4. The summed E-state index contributed by atoms with van der Waals surface area (Å²) in [6, 6.07) is 12.4. The minimum absolute atomic E-state index is 0.00189. The molecule has 0 fully saturated rings. The van der Waals surface area contributed by atoms with Crippen molar-refractivity contribution in [2.24, 2.45) is 0 Å². The zero-order valence-corrected chi connectivity index (χ0v) is 11.2. The Bertz CT molecular complexity index is 846. The topological polar surface area (TPSA) is 67.4 Å². The second-order valence-corrected chi connectivity index (χ2v) is 4.57. The highest BCUT2D eigenvalue weighted by Gasteiger charge is 2.18. The number of aromatic nitrogens is 4. The van der Waals surface area contributed by atoms with E-state index in [4.69, 9.17) is 5.26 Å². The van der Waals surface area contributed by atoms with Crippen LogP contribution in [0.1, 0.15) is 11.1 Å². The predicted octanol–water partition coefficient (Wildman–Crippen LogP) is 2.54. The molecule has 0 unspecified atom stereocenters. The second kappa shape index (κ2) is 5.69. The maximum atomic E-state index is 13.9. The summed E-state index contributed by atoms with van der Waals surface area (Å²) in [6.07, 6.45) is 0. The Balaban J connectivity index is 2.01. The zero-order chi connectivity index (χ0) is 15.5. The van der Waals surface area contributed by atoms with E-state index in [0.29, 0.717) is 5.56 Å². The smallest absolute Gasteiger partial charge is 0.188 e. The Labute approximate surface area is 124 Å². The zero-order valence-electron chi connectivity index (χ0n) is 11.2. The fourth-order valence-electron chi connectivity index (χ4n) is 2.11. The van der Waals surface area contributed by atoms with Gasteiger partial charge in [0.2, 0.25) is 0 Å². The third-order valence-corrected chi connectivity index (χ3v) is 3.11. The lowest BCUT2D eigenvalue weighted by Crippen LogP contribution is -2.06. The van der Waals surface area contributed by atoms with Crippen LogP contribution in [0.15, 0.2) is 42.5 Å². The molecule has 22 heavy (non-hydrogen) atoms. The van der Waals surface area contributed by atoms with E-state index in [-0.39, 0.29) is 17.9 Å². The molecule has 0 radical (unpaired) electrons. The van der Waals surface area contributed by atoms with E-state index in [1.807, 2.05) is 6.07 Å². The Hall–Kier alpha value is -3.14. The van der Waals surface area contributed by atoms with Gasteiger partial charge in [-0.05, 0) is 40.3 Å². The van der Waals surface area contributed by atoms with E-state index >= 15 is 0 Å². The third kappa shape index (κ3) is 2.54. The molecule has 0 saturated carbocycles. The molecule has 3 rings (SSSR count). The summed E-state index contributed by atoms with van der Waals surface area (Å²) >= 11 is 0. The van der Waals surface area contributed by atoms with Crippen molar-refractivity contribution in [3.63, 3.8) is 0 Å². The molecule has 0 aliphatic carbocycles. The summed E-state index contributed by atoms with van der Waals surface area (Å²) in [5.74, 6) is -1.47. The van der Waals surface area contributed by atoms with Gasteiger partial charge in [-0.25, -0.2) is 13.5 Å². The molecule has 7 heteroatoms. The molecule has 0 bridgehead atoms. The summed E-state index contributed by atoms with van der Waals surface area (Å²) in [5, 5.41) is 19.8. The molecule has 0 aliphatic rings. The van der Waals surface area contributed by atoms with E-state index in [0.717, 1.165) is 17.7 Å². The predicted molar refractivity (Wildman–Crippen MR) is 73.4 cm³/mol. The van der Waals surface area contributed by atoms with Crippen LogP contribution < -0.4 is 0 Å². The van der Waals surface area contributed by atoms with Crippen LogP contribution in [-0.2, 0) is 6.54 Å². The van der Waals surface area contributed by atoms with Gasteiger partial charge in [0.25, 0.3) is 0 Å². The largest absolute Gasteiger partial charge is 0.221 e. The lowest BCUT2D eigenvalue weighted by atomic mass is 10.1. The number of nitrogens with zero attached hydrogens (tertiary/aromatic N) is 5. The van der Waals surface area contributed by atoms with E-state index in [9.17, 15) is 8.78 Å². The molecule has 0 spiro atoms. The molecule has 3 aromatic rings. The highest BCUT2D eigenvalue weighted by atomic mass is 19.1. The normalized spacial score (nSPS) is 10.4. The van der Waals surface area contributed by atoms with Gasteiger partial charge in [0, 0.05) is 0 Å². The standard InChI is InChI=1S/C15H9F2N5/c16-12-5-2-6-13(17)14(12)15-19-20-21-22(15)9-11-4-1-3-10(7-11)8-18/h1-7H,9H2. The molecular formula is C15H9F2N5. The highest BCUT2D eigenvalue weighted by molar-refractivity contribution is 5.56. The number of benzene rings is 2. The quantitative estimate of drug-likeness (QED) is 0.745. The molecule has 0 saturated heterocycles. The first-order valence-corrected chi connectivity index (χ1v) is 6.38. The number of rotatable bonds is 3. The fraction of sp³-hybridized carbons (Fsp3) is 0.0667. The number of halogens is 2. The van der Waals surface area contributed by atoms with Crippen molar-refractivity contribution in [1.82, 2.24) is 20.2 Å². The van der Waals surface area contributed by atoms with Crippen molar-refractivity contribution in [2.75, 3.05) is 0 Å². The SMILES string of the molecule is N#Cc1cccc(Cn2nnnc2-c2c(F)cccc2F)c1. The molecule has 1 heterocycles. The Morgan fingerprint density at radius 1 is 1.09 bits per heavy atom. The Kier molecular flexibility index (Phi) is 3.58. The lowest BCUT2D eigenvalue weighted by Gasteiger charge is -2.07. The van der Waals surface area contributed by atoms with Gasteiger partial charge in [0.05, 0.1) is 23.7 Å². The van der Waals surface area contributed by atoms with Crippen molar-refractivity contribution in [2.45, 2.75) is 6.54 Å². The monoisotopic (exact) mass is 297 g/mol. The van der Waals surface area contributed by atoms with Gasteiger partial charge in [-0.3, -0.25) is 0 Å². The van der Waals surface area contributed by atoms with E-state index in [2.05, 4.69) is 15.5 Å². The van der Waals surface area contributed by atoms with Gasteiger partial charge >= 0.3 is 0 Å². The maximum absolute atomic E-state index is 13.9. The Morgan fingerprint density at radius 3 is 2.55 bits per heavy atom. The van der Waals surface area contributed by atoms with Gasteiger partial charge in [-0.2, -0.15) is 5.26 Å². The van der Waals surface area contributed by atoms with Crippen LogP contribution in [0, 0.1) is 23.0 Å². The molecular weight excluding hydrogens is 288 g/mol. The first-order valence-electron chi connectivity index (χ1n) is 6.38. The van der Waals surface area contributed by atoms with Crippen LogP contribution in [0.4, 0.5) is 8.78 Å². The van der Waals surface area contributed by atoms with Crippen molar-refractivity contribution >= 4 is 0 Å². The summed E-state index contributed by atoms with van der Waals surface area (Å²) in [7, 11) is 0. The summed E-state index contributed by atoms with van der Waals surface area (Å²) in [6.45, 7) is 0.200. The molecule has 0 N–H and O–H groups in total.